The van der Waals surface area contributed by atoms with E-state index in [1.54, 1.807) is 26.0 Å². The molecule has 2 aromatic rings. The van der Waals surface area contributed by atoms with E-state index in [1.165, 1.54) is 24.5 Å². The number of carbonyl (C=O) groups is 1. The Kier molecular flexibility index (Phi) is 7.82. The summed E-state index contributed by atoms with van der Waals surface area (Å²) in [5, 5.41) is 5.50. The van der Waals surface area contributed by atoms with Crippen molar-refractivity contribution in [2.75, 3.05) is 5.32 Å². The molecule has 0 aliphatic rings. The van der Waals surface area contributed by atoms with Gasteiger partial charge in [-0.05, 0) is 43.7 Å². The fraction of sp³-hybridized carbons (Fsp3) is 0.190. The molecule has 0 saturated carbocycles. The maximum Gasteiger partial charge on any atom is 0.416 e. The number of rotatable bonds is 7. The lowest BCUT2D eigenvalue weighted by atomic mass is 10.1. The monoisotopic (exact) mass is 451 g/mol. The number of pyridine rings is 1. The standard InChI is InChI=1S/C21H21ClF3N5O/c1-4-27-19(18(22)12(2)26)20(31)29-13(3)14-8-9-17(28-11-14)30-16-7-5-6-15(10-16)21(23,24)25/h4-11,13H,2,26H2,1,3H3,(H,28,30)(H,29,31)/b19-18+,27-4?. The van der Waals surface area contributed by atoms with Gasteiger partial charge in [0.2, 0.25) is 0 Å². The van der Waals surface area contributed by atoms with Crippen molar-refractivity contribution in [1.82, 2.24) is 10.3 Å². The minimum absolute atomic E-state index is 0.0109. The van der Waals surface area contributed by atoms with E-state index < -0.39 is 23.7 Å². The lowest BCUT2D eigenvalue weighted by Crippen LogP contribution is -2.28. The fourth-order valence-corrected chi connectivity index (χ4v) is 2.64. The van der Waals surface area contributed by atoms with E-state index in [-0.39, 0.29) is 22.1 Å². The van der Waals surface area contributed by atoms with Crippen LogP contribution in [-0.4, -0.2) is 17.1 Å². The van der Waals surface area contributed by atoms with E-state index in [0.717, 1.165) is 12.1 Å². The van der Waals surface area contributed by atoms with Crippen LogP contribution in [0.5, 0.6) is 0 Å². The maximum absolute atomic E-state index is 12.8. The Hall–Kier alpha value is -3.33. The molecule has 1 heterocycles. The number of carbonyl (C=O) groups excluding carboxylic acids is 1. The number of allylic oxidation sites excluding steroid dienone is 1. The smallest absolute Gasteiger partial charge is 0.398 e. The Labute approximate surface area is 182 Å². The summed E-state index contributed by atoms with van der Waals surface area (Å²) in [5.74, 6) is -0.200. The largest absolute Gasteiger partial charge is 0.416 e. The number of nitrogens with zero attached hydrogens (tertiary/aromatic N) is 2. The van der Waals surface area contributed by atoms with Crippen LogP contribution in [0.4, 0.5) is 24.7 Å². The van der Waals surface area contributed by atoms with Gasteiger partial charge in [-0.25, -0.2) is 4.98 Å². The van der Waals surface area contributed by atoms with Crippen LogP contribution >= 0.6 is 11.6 Å². The fourth-order valence-electron chi connectivity index (χ4n) is 2.50. The van der Waals surface area contributed by atoms with Gasteiger partial charge in [0, 0.05) is 23.8 Å². The number of halogens is 4. The van der Waals surface area contributed by atoms with Crippen LogP contribution in [-0.2, 0) is 11.0 Å². The summed E-state index contributed by atoms with van der Waals surface area (Å²) in [6, 6.07) is 7.62. The predicted octanol–water partition coefficient (Wildman–Crippen LogP) is 5.03. The van der Waals surface area contributed by atoms with Crippen LogP contribution < -0.4 is 16.4 Å². The molecule has 0 spiro atoms. The van der Waals surface area contributed by atoms with Gasteiger partial charge in [-0.3, -0.25) is 9.79 Å². The number of benzene rings is 1. The molecule has 1 aromatic carbocycles. The van der Waals surface area contributed by atoms with Crippen molar-refractivity contribution in [3.63, 3.8) is 0 Å². The summed E-state index contributed by atoms with van der Waals surface area (Å²) in [6.07, 6.45) is -1.53. The number of hydrogen-bond donors (Lipinski definition) is 3. The van der Waals surface area contributed by atoms with E-state index in [2.05, 4.69) is 27.2 Å². The molecule has 1 aromatic heterocycles. The van der Waals surface area contributed by atoms with Gasteiger partial charge in [0.25, 0.3) is 5.91 Å². The first-order valence-electron chi connectivity index (χ1n) is 9.07. The van der Waals surface area contributed by atoms with Crippen molar-refractivity contribution in [3.8, 4) is 0 Å². The molecular formula is C21H21ClF3N5O. The van der Waals surface area contributed by atoms with Crippen molar-refractivity contribution >= 4 is 35.2 Å². The van der Waals surface area contributed by atoms with Crippen LogP contribution in [0.25, 0.3) is 0 Å². The van der Waals surface area contributed by atoms with Crippen LogP contribution in [0.3, 0.4) is 0 Å². The third-order valence-electron chi connectivity index (χ3n) is 4.06. The quantitative estimate of drug-likeness (QED) is 0.312. The number of nitrogens with one attached hydrogen (secondary N) is 2. The van der Waals surface area contributed by atoms with Crippen LogP contribution in [0, 0.1) is 0 Å². The minimum atomic E-state index is -4.43. The normalized spacial score (nSPS) is 13.5. The first-order valence-corrected chi connectivity index (χ1v) is 9.45. The number of alkyl halides is 3. The second-order valence-corrected chi connectivity index (χ2v) is 6.83. The predicted molar refractivity (Wildman–Crippen MR) is 116 cm³/mol. The second kappa shape index (κ2) is 10.1. The Morgan fingerprint density at radius 3 is 2.58 bits per heavy atom. The molecule has 1 atom stereocenters. The van der Waals surface area contributed by atoms with E-state index in [9.17, 15) is 18.0 Å². The van der Waals surface area contributed by atoms with E-state index >= 15 is 0 Å². The molecule has 6 nitrogen and oxygen atoms in total. The van der Waals surface area contributed by atoms with Crippen molar-refractivity contribution in [2.45, 2.75) is 26.1 Å². The first-order chi connectivity index (χ1) is 14.5. The highest BCUT2D eigenvalue weighted by Crippen LogP contribution is 2.31. The molecule has 164 valence electrons. The average molecular weight is 452 g/mol. The molecule has 0 fully saturated rings. The lowest BCUT2D eigenvalue weighted by molar-refractivity contribution is -0.137. The zero-order valence-electron chi connectivity index (χ0n) is 16.8. The molecular weight excluding hydrogens is 431 g/mol. The average Bonchev–Trinajstić information content (AvgIpc) is 2.71. The second-order valence-electron chi connectivity index (χ2n) is 6.45. The van der Waals surface area contributed by atoms with E-state index in [0.29, 0.717) is 11.4 Å². The molecule has 31 heavy (non-hydrogen) atoms. The van der Waals surface area contributed by atoms with E-state index in [4.69, 9.17) is 17.3 Å². The number of amides is 1. The topological polar surface area (TPSA) is 92.4 Å². The van der Waals surface area contributed by atoms with Gasteiger partial charge < -0.3 is 16.4 Å². The molecule has 0 aliphatic heterocycles. The highest BCUT2D eigenvalue weighted by atomic mass is 35.5. The summed E-state index contributed by atoms with van der Waals surface area (Å²) in [7, 11) is 0. The molecule has 2 rings (SSSR count). The van der Waals surface area contributed by atoms with Crippen LogP contribution in [0.15, 0.2) is 70.6 Å². The van der Waals surface area contributed by atoms with Gasteiger partial charge >= 0.3 is 6.18 Å². The zero-order chi connectivity index (χ0) is 23.2. The SMILES string of the molecule is C=C(N)/C(Cl)=C(\N=CC)C(=O)NC(C)c1ccc(Nc2cccc(C(F)(F)F)c2)nc1. The van der Waals surface area contributed by atoms with Crippen LogP contribution in [0.1, 0.15) is 31.0 Å². The van der Waals surface area contributed by atoms with Crippen molar-refractivity contribution in [1.29, 1.82) is 0 Å². The Balaban J connectivity index is 2.12. The van der Waals surface area contributed by atoms with Gasteiger partial charge in [-0.1, -0.05) is 30.3 Å². The summed E-state index contributed by atoms with van der Waals surface area (Å²) in [6.45, 7) is 6.85. The summed E-state index contributed by atoms with van der Waals surface area (Å²) < 4.78 is 38.5. The molecule has 0 saturated heterocycles. The summed E-state index contributed by atoms with van der Waals surface area (Å²) >= 11 is 6.01. The van der Waals surface area contributed by atoms with Crippen molar-refractivity contribution in [3.05, 3.63) is 76.7 Å². The van der Waals surface area contributed by atoms with Gasteiger partial charge in [-0.2, -0.15) is 13.2 Å². The van der Waals surface area contributed by atoms with Gasteiger partial charge in [0.1, 0.15) is 11.5 Å². The van der Waals surface area contributed by atoms with Gasteiger partial charge in [0.15, 0.2) is 0 Å². The summed E-state index contributed by atoms with van der Waals surface area (Å²) in [4.78, 5) is 20.6. The Morgan fingerprint density at radius 1 is 1.32 bits per heavy atom. The Bertz CT molecular complexity index is 1020. The Morgan fingerprint density at radius 2 is 2.03 bits per heavy atom. The lowest BCUT2D eigenvalue weighted by Gasteiger charge is -2.16. The third kappa shape index (κ3) is 6.58. The maximum atomic E-state index is 12.8. The number of anilines is 2. The molecule has 0 bridgehead atoms. The van der Waals surface area contributed by atoms with Crippen molar-refractivity contribution < 1.29 is 18.0 Å². The number of hydrogen-bond acceptors (Lipinski definition) is 5. The number of aromatic nitrogens is 1. The van der Waals surface area contributed by atoms with Gasteiger partial charge in [-0.15, -0.1) is 0 Å². The highest BCUT2D eigenvalue weighted by molar-refractivity contribution is 6.34. The summed E-state index contributed by atoms with van der Waals surface area (Å²) in [5.41, 5.74) is 5.63. The molecule has 1 unspecified atom stereocenters. The first kappa shape index (κ1) is 23.9. The molecule has 0 radical (unpaired) electrons. The minimum Gasteiger partial charge on any atom is -0.398 e. The third-order valence-corrected chi connectivity index (χ3v) is 4.48. The molecule has 4 N–H and O–H groups in total. The molecule has 0 aliphatic carbocycles. The highest BCUT2D eigenvalue weighted by Gasteiger charge is 2.30. The van der Waals surface area contributed by atoms with E-state index in [1.807, 2.05) is 0 Å². The van der Waals surface area contributed by atoms with Crippen molar-refractivity contribution in [2.24, 2.45) is 10.7 Å². The number of nitrogens with two attached hydrogens (primary N) is 1. The number of aliphatic imine (C=N–C) groups is 1. The van der Waals surface area contributed by atoms with Crippen LogP contribution in [0.2, 0.25) is 0 Å². The zero-order valence-corrected chi connectivity index (χ0v) is 17.6. The van der Waals surface area contributed by atoms with Gasteiger partial charge in [0.05, 0.1) is 16.6 Å². The molecule has 10 heteroatoms. The molecule has 1 amide bonds.